The highest BCUT2D eigenvalue weighted by atomic mass is 19.1. The second-order valence-corrected chi connectivity index (χ2v) is 6.53. The van der Waals surface area contributed by atoms with Crippen LogP contribution in [0.4, 0.5) is 14.9 Å². The minimum Gasteiger partial charge on any atom is -0.333 e. The molecule has 6 heteroatoms. The molecule has 0 aromatic heterocycles. The standard InChI is InChI=1S/C19H28FN3O2/c1-3-5-10-22(11-6-4-2)19(25)21-16-13-18(24)23(14-16)17-9-7-8-15(20)12-17/h7-9,12,16H,3-6,10-11,13-14H2,1-2H3,(H,21,25)/t16-/m1/s1. The van der Waals surface area contributed by atoms with E-state index in [4.69, 9.17) is 0 Å². The number of carbonyl (C=O) groups is 2. The van der Waals surface area contributed by atoms with E-state index in [2.05, 4.69) is 19.2 Å². The Bertz CT molecular complexity index is 586. The van der Waals surface area contributed by atoms with Gasteiger partial charge in [0.1, 0.15) is 5.82 Å². The molecule has 0 radical (unpaired) electrons. The van der Waals surface area contributed by atoms with Crippen LogP contribution in [-0.4, -0.2) is 42.5 Å². The Labute approximate surface area is 149 Å². The molecule has 0 aliphatic carbocycles. The van der Waals surface area contributed by atoms with Gasteiger partial charge in [-0.2, -0.15) is 0 Å². The lowest BCUT2D eigenvalue weighted by Gasteiger charge is -2.25. The number of benzene rings is 1. The average Bonchev–Trinajstić information content (AvgIpc) is 2.95. The van der Waals surface area contributed by atoms with Gasteiger partial charge in [0, 0.05) is 31.7 Å². The molecule has 2 rings (SSSR count). The van der Waals surface area contributed by atoms with Gasteiger partial charge >= 0.3 is 6.03 Å². The van der Waals surface area contributed by atoms with Gasteiger partial charge < -0.3 is 15.1 Å². The molecule has 0 spiro atoms. The lowest BCUT2D eigenvalue weighted by molar-refractivity contribution is -0.117. The highest BCUT2D eigenvalue weighted by Crippen LogP contribution is 2.22. The van der Waals surface area contributed by atoms with E-state index in [9.17, 15) is 14.0 Å². The first-order chi connectivity index (χ1) is 12.0. The quantitative estimate of drug-likeness (QED) is 0.780. The summed E-state index contributed by atoms with van der Waals surface area (Å²) < 4.78 is 13.4. The summed E-state index contributed by atoms with van der Waals surface area (Å²) in [4.78, 5) is 28.1. The van der Waals surface area contributed by atoms with Crippen molar-refractivity contribution in [3.63, 3.8) is 0 Å². The zero-order valence-corrected chi connectivity index (χ0v) is 15.1. The molecule has 138 valence electrons. The van der Waals surface area contributed by atoms with Crippen LogP contribution in [0.25, 0.3) is 0 Å². The number of rotatable bonds is 8. The predicted molar refractivity (Wildman–Crippen MR) is 97.1 cm³/mol. The van der Waals surface area contributed by atoms with Crippen LogP contribution in [0.15, 0.2) is 24.3 Å². The van der Waals surface area contributed by atoms with Crippen molar-refractivity contribution in [3.05, 3.63) is 30.1 Å². The number of unbranched alkanes of at least 4 members (excludes halogenated alkanes) is 2. The number of carbonyl (C=O) groups excluding carboxylic acids is 2. The normalized spacial score (nSPS) is 17.0. The second-order valence-electron chi connectivity index (χ2n) is 6.53. The number of amides is 3. The van der Waals surface area contributed by atoms with E-state index in [0.717, 1.165) is 38.8 Å². The van der Waals surface area contributed by atoms with Crippen molar-refractivity contribution in [2.24, 2.45) is 0 Å². The lowest BCUT2D eigenvalue weighted by Crippen LogP contribution is -2.46. The molecule has 3 amide bonds. The van der Waals surface area contributed by atoms with Crippen molar-refractivity contribution in [3.8, 4) is 0 Å². The summed E-state index contributed by atoms with van der Waals surface area (Å²) >= 11 is 0. The van der Waals surface area contributed by atoms with Crippen LogP contribution in [0.5, 0.6) is 0 Å². The number of nitrogens with zero attached hydrogens (tertiary/aromatic N) is 2. The predicted octanol–water partition coefficient (Wildman–Crippen LogP) is 3.54. The molecule has 0 unspecified atom stereocenters. The molecule has 1 saturated heterocycles. The number of nitrogens with one attached hydrogen (secondary N) is 1. The van der Waals surface area contributed by atoms with Gasteiger partial charge in [-0.3, -0.25) is 4.79 Å². The number of hydrogen-bond acceptors (Lipinski definition) is 2. The number of urea groups is 1. The first kappa shape index (κ1) is 19.2. The monoisotopic (exact) mass is 349 g/mol. The van der Waals surface area contributed by atoms with Gasteiger partial charge in [-0.1, -0.05) is 32.8 Å². The summed E-state index contributed by atoms with van der Waals surface area (Å²) in [6, 6.07) is 5.63. The van der Waals surface area contributed by atoms with Crippen molar-refractivity contribution >= 4 is 17.6 Å². The molecule has 1 aliphatic heterocycles. The Morgan fingerprint density at radius 3 is 2.56 bits per heavy atom. The maximum Gasteiger partial charge on any atom is 0.317 e. The maximum absolute atomic E-state index is 13.4. The zero-order valence-electron chi connectivity index (χ0n) is 15.1. The van der Waals surface area contributed by atoms with Gasteiger partial charge in [-0.25, -0.2) is 9.18 Å². The summed E-state index contributed by atoms with van der Waals surface area (Å²) in [5.74, 6) is -0.465. The summed E-state index contributed by atoms with van der Waals surface area (Å²) in [6.45, 7) is 6.04. The molecular weight excluding hydrogens is 321 g/mol. The van der Waals surface area contributed by atoms with E-state index in [1.54, 1.807) is 12.1 Å². The fourth-order valence-corrected chi connectivity index (χ4v) is 2.98. The van der Waals surface area contributed by atoms with Gasteiger partial charge in [-0.15, -0.1) is 0 Å². The number of anilines is 1. The first-order valence-corrected chi connectivity index (χ1v) is 9.16. The molecule has 1 heterocycles. The number of hydrogen-bond donors (Lipinski definition) is 1. The van der Waals surface area contributed by atoms with E-state index < -0.39 is 0 Å². The van der Waals surface area contributed by atoms with Crippen molar-refractivity contribution in [2.75, 3.05) is 24.5 Å². The van der Waals surface area contributed by atoms with Crippen LogP contribution in [0.2, 0.25) is 0 Å². The number of halogens is 1. The third kappa shape index (κ3) is 5.44. The van der Waals surface area contributed by atoms with Gasteiger partial charge in [-0.05, 0) is 31.0 Å². The van der Waals surface area contributed by atoms with E-state index in [1.165, 1.54) is 17.0 Å². The Kier molecular flexibility index (Phi) is 7.22. The van der Waals surface area contributed by atoms with Gasteiger partial charge in [0.05, 0.1) is 6.04 Å². The second kappa shape index (κ2) is 9.39. The van der Waals surface area contributed by atoms with Crippen LogP contribution in [0.3, 0.4) is 0 Å². The molecular formula is C19H28FN3O2. The molecule has 0 bridgehead atoms. The summed E-state index contributed by atoms with van der Waals surface area (Å²) in [5, 5.41) is 2.97. The van der Waals surface area contributed by atoms with Crippen molar-refractivity contribution < 1.29 is 14.0 Å². The average molecular weight is 349 g/mol. The zero-order chi connectivity index (χ0) is 18.2. The molecule has 1 N–H and O–H groups in total. The third-order valence-corrected chi connectivity index (χ3v) is 4.42. The molecule has 1 atom stereocenters. The Hall–Kier alpha value is -2.11. The molecule has 1 aromatic rings. The smallest absolute Gasteiger partial charge is 0.317 e. The Morgan fingerprint density at radius 2 is 1.96 bits per heavy atom. The van der Waals surface area contributed by atoms with E-state index >= 15 is 0 Å². The van der Waals surface area contributed by atoms with Crippen molar-refractivity contribution in [2.45, 2.75) is 52.0 Å². The fourth-order valence-electron chi connectivity index (χ4n) is 2.98. The minimum absolute atomic E-state index is 0.0930. The molecule has 5 nitrogen and oxygen atoms in total. The van der Waals surface area contributed by atoms with Gasteiger partial charge in [0.2, 0.25) is 5.91 Å². The van der Waals surface area contributed by atoms with Crippen molar-refractivity contribution in [1.29, 1.82) is 0 Å². The first-order valence-electron chi connectivity index (χ1n) is 9.16. The van der Waals surface area contributed by atoms with Gasteiger partial charge in [0.15, 0.2) is 0 Å². The molecule has 0 saturated carbocycles. The summed E-state index contributed by atoms with van der Waals surface area (Å²) in [7, 11) is 0. The highest BCUT2D eigenvalue weighted by Gasteiger charge is 2.32. The third-order valence-electron chi connectivity index (χ3n) is 4.42. The van der Waals surface area contributed by atoms with E-state index in [-0.39, 0.29) is 30.2 Å². The fraction of sp³-hybridized carbons (Fsp3) is 0.579. The maximum atomic E-state index is 13.4. The SMILES string of the molecule is CCCCN(CCCC)C(=O)N[C@@H]1CC(=O)N(c2cccc(F)c2)C1. The van der Waals surface area contributed by atoms with Crippen LogP contribution in [0, 0.1) is 5.82 Å². The Balaban J connectivity index is 1.95. The van der Waals surface area contributed by atoms with E-state index in [1.807, 2.05) is 4.90 Å². The topological polar surface area (TPSA) is 52.7 Å². The molecule has 1 aliphatic rings. The molecule has 1 aromatic carbocycles. The largest absolute Gasteiger partial charge is 0.333 e. The summed E-state index contributed by atoms with van der Waals surface area (Å²) in [5.41, 5.74) is 0.538. The van der Waals surface area contributed by atoms with Crippen LogP contribution in [-0.2, 0) is 4.79 Å². The molecule has 25 heavy (non-hydrogen) atoms. The lowest BCUT2D eigenvalue weighted by atomic mass is 10.2. The minimum atomic E-state index is -0.372. The highest BCUT2D eigenvalue weighted by molar-refractivity contribution is 5.96. The summed E-state index contributed by atoms with van der Waals surface area (Å²) in [6.07, 6.45) is 4.25. The van der Waals surface area contributed by atoms with Gasteiger partial charge in [0.25, 0.3) is 0 Å². The van der Waals surface area contributed by atoms with Crippen molar-refractivity contribution in [1.82, 2.24) is 10.2 Å². The van der Waals surface area contributed by atoms with Crippen LogP contribution in [0.1, 0.15) is 46.0 Å². The van der Waals surface area contributed by atoms with E-state index in [0.29, 0.717) is 12.2 Å². The Morgan fingerprint density at radius 1 is 1.28 bits per heavy atom. The van der Waals surface area contributed by atoms with Crippen LogP contribution < -0.4 is 10.2 Å². The van der Waals surface area contributed by atoms with Crippen LogP contribution >= 0.6 is 0 Å². The molecule has 1 fully saturated rings.